The van der Waals surface area contributed by atoms with E-state index in [1.165, 1.54) is 11.1 Å². The minimum atomic E-state index is -0.529. The van der Waals surface area contributed by atoms with Gasteiger partial charge in [-0.1, -0.05) is 24.3 Å². The highest BCUT2D eigenvalue weighted by Crippen LogP contribution is 2.16. The normalized spacial score (nSPS) is 18.8. The fourth-order valence-corrected chi connectivity index (χ4v) is 2.43. The van der Waals surface area contributed by atoms with Crippen molar-refractivity contribution in [1.82, 2.24) is 16.0 Å². The number of carbonyl (C=O) groups excluding carboxylic acids is 2. The van der Waals surface area contributed by atoms with E-state index in [0.29, 0.717) is 13.0 Å². The van der Waals surface area contributed by atoms with Gasteiger partial charge in [0.1, 0.15) is 6.04 Å². The maximum absolute atomic E-state index is 12.3. The molecule has 0 saturated heterocycles. The van der Waals surface area contributed by atoms with Gasteiger partial charge in [0.2, 0.25) is 11.8 Å². The predicted molar refractivity (Wildman–Crippen MR) is 81.7 cm³/mol. The first-order valence-corrected chi connectivity index (χ1v) is 7.38. The number of carbonyl (C=O) groups is 2. The standard InChI is InChI=1S/C16H23N3O2/c1-10(2)18-15(20)11(3)19-16(21)14-8-12-6-4-5-7-13(12)9-17-14/h4-7,10-11,14,17H,8-9H2,1-3H3,(H,18,20)(H,19,21)/t11?,14-/m1/s1. The molecule has 1 heterocycles. The summed E-state index contributed by atoms with van der Waals surface area (Å²) in [6.45, 7) is 6.17. The summed E-state index contributed by atoms with van der Waals surface area (Å²) in [5, 5.41) is 8.78. The van der Waals surface area contributed by atoms with E-state index in [0.717, 1.165) is 0 Å². The predicted octanol–water partition coefficient (Wildman–Crippen LogP) is 0.730. The summed E-state index contributed by atoms with van der Waals surface area (Å²) in [7, 11) is 0. The first kappa shape index (κ1) is 15.5. The molecule has 0 saturated carbocycles. The molecule has 0 spiro atoms. The van der Waals surface area contributed by atoms with Gasteiger partial charge in [-0.2, -0.15) is 0 Å². The number of amides is 2. The van der Waals surface area contributed by atoms with E-state index in [-0.39, 0.29) is 23.9 Å². The molecular weight excluding hydrogens is 266 g/mol. The summed E-state index contributed by atoms with van der Waals surface area (Å²) < 4.78 is 0. The summed E-state index contributed by atoms with van der Waals surface area (Å²) in [4.78, 5) is 24.1. The van der Waals surface area contributed by atoms with Crippen LogP contribution in [0.4, 0.5) is 0 Å². The molecular formula is C16H23N3O2. The van der Waals surface area contributed by atoms with E-state index in [1.54, 1.807) is 6.92 Å². The lowest BCUT2D eigenvalue weighted by Crippen LogP contribution is -2.53. The minimum absolute atomic E-state index is 0.0662. The number of fused-ring (bicyclic) bond motifs is 1. The molecule has 21 heavy (non-hydrogen) atoms. The van der Waals surface area contributed by atoms with Gasteiger partial charge in [-0.25, -0.2) is 0 Å². The number of hydrogen-bond acceptors (Lipinski definition) is 3. The molecule has 1 aromatic rings. The molecule has 0 radical (unpaired) electrons. The van der Waals surface area contributed by atoms with Crippen molar-refractivity contribution in [2.45, 2.75) is 51.9 Å². The molecule has 1 aliphatic rings. The van der Waals surface area contributed by atoms with Gasteiger partial charge in [-0.15, -0.1) is 0 Å². The minimum Gasteiger partial charge on any atom is -0.352 e. The Morgan fingerprint density at radius 2 is 1.81 bits per heavy atom. The molecule has 5 nitrogen and oxygen atoms in total. The molecule has 3 N–H and O–H groups in total. The molecule has 0 bridgehead atoms. The maximum Gasteiger partial charge on any atom is 0.242 e. The molecule has 0 aromatic heterocycles. The van der Waals surface area contributed by atoms with E-state index < -0.39 is 6.04 Å². The van der Waals surface area contributed by atoms with Crippen molar-refractivity contribution in [3.8, 4) is 0 Å². The van der Waals surface area contributed by atoms with Crippen LogP contribution in [0.5, 0.6) is 0 Å². The van der Waals surface area contributed by atoms with E-state index >= 15 is 0 Å². The molecule has 2 rings (SSSR count). The zero-order chi connectivity index (χ0) is 15.4. The SMILES string of the molecule is CC(C)NC(=O)C(C)NC(=O)[C@H]1Cc2ccccc2CN1. The van der Waals surface area contributed by atoms with Gasteiger partial charge in [0.05, 0.1) is 6.04 Å². The number of nitrogens with one attached hydrogen (secondary N) is 3. The van der Waals surface area contributed by atoms with Gasteiger partial charge in [0.25, 0.3) is 0 Å². The van der Waals surface area contributed by atoms with Crippen molar-refractivity contribution in [2.75, 3.05) is 0 Å². The fraction of sp³-hybridized carbons (Fsp3) is 0.500. The lowest BCUT2D eigenvalue weighted by Gasteiger charge is -2.26. The zero-order valence-electron chi connectivity index (χ0n) is 12.8. The molecule has 5 heteroatoms. The van der Waals surface area contributed by atoms with Crippen LogP contribution < -0.4 is 16.0 Å². The largest absolute Gasteiger partial charge is 0.352 e. The first-order valence-electron chi connectivity index (χ1n) is 7.38. The van der Waals surface area contributed by atoms with Gasteiger partial charge in [0, 0.05) is 12.6 Å². The first-order chi connectivity index (χ1) is 9.97. The molecule has 2 atom stereocenters. The Labute approximate surface area is 125 Å². The summed E-state index contributed by atoms with van der Waals surface area (Å²) in [6, 6.07) is 7.35. The van der Waals surface area contributed by atoms with Gasteiger partial charge >= 0.3 is 0 Å². The maximum atomic E-state index is 12.3. The van der Waals surface area contributed by atoms with Crippen LogP contribution in [0.1, 0.15) is 31.9 Å². The van der Waals surface area contributed by atoms with E-state index in [9.17, 15) is 9.59 Å². The van der Waals surface area contributed by atoms with Crippen molar-refractivity contribution < 1.29 is 9.59 Å². The van der Waals surface area contributed by atoms with Gasteiger partial charge in [0.15, 0.2) is 0 Å². The Hall–Kier alpha value is -1.88. The monoisotopic (exact) mass is 289 g/mol. The molecule has 0 aliphatic carbocycles. The smallest absolute Gasteiger partial charge is 0.242 e. The topological polar surface area (TPSA) is 70.2 Å². The Kier molecular flexibility index (Phi) is 4.96. The van der Waals surface area contributed by atoms with Crippen LogP contribution in [0.3, 0.4) is 0 Å². The Morgan fingerprint density at radius 1 is 1.14 bits per heavy atom. The molecule has 2 amide bonds. The number of benzene rings is 1. The quantitative estimate of drug-likeness (QED) is 0.765. The second kappa shape index (κ2) is 6.72. The van der Waals surface area contributed by atoms with Crippen LogP contribution in [0, 0.1) is 0 Å². The third kappa shape index (κ3) is 4.04. The number of rotatable bonds is 4. The summed E-state index contributed by atoms with van der Waals surface area (Å²) in [6.07, 6.45) is 0.653. The van der Waals surface area contributed by atoms with Crippen LogP contribution in [-0.4, -0.2) is 29.9 Å². The average molecular weight is 289 g/mol. The molecule has 0 fully saturated rings. The molecule has 1 unspecified atom stereocenters. The van der Waals surface area contributed by atoms with Gasteiger partial charge < -0.3 is 16.0 Å². The summed E-state index contributed by atoms with van der Waals surface area (Å²) in [5.74, 6) is -0.287. The van der Waals surface area contributed by atoms with Crippen molar-refractivity contribution in [3.63, 3.8) is 0 Å². The van der Waals surface area contributed by atoms with E-state index in [2.05, 4.69) is 22.0 Å². The third-order valence-corrected chi connectivity index (χ3v) is 3.58. The van der Waals surface area contributed by atoms with Crippen molar-refractivity contribution in [2.24, 2.45) is 0 Å². The van der Waals surface area contributed by atoms with Gasteiger partial charge in [-0.3, -0.25) is 9.59 Å². The van der Waals surface area contributed by atoms with Crippen LogP contribution in [0.25, 0.3) is 0 Å². The van der Waals surface area contributed by atoms with Crippen molar-refractivity contribution >= 4 is 11.8 Å². The van der Waals surface area contributed by atoms with Crippen LogP contribution in [0.15, 0.2) is 24.3 Å². The second-order valence-electron chi connectivity index (χ2n) is 5.80. The summed E-state index contributed by atoms with van der Waals surface area (Å²) in [5.41, 5.74) is 2.42. The van der Waals surface area contributed by atoms with Crippen molar-refractivity contribution in [3.05, 3.63) is 35.4 Å². The lowest BCUT2D eigenvalue weighted by molar-refractivity contribution is -0.130. The second-order valence-corrected chi connectivity index (χ2v) is 5.80. The Morgan fingerprint density at radius 3 is 2.48 bits per heavy atom. The highest BCUT2D eigenvalue weighted by molar-refractivity contribution is 5.89. The highest BCUT2D eigenvalue weighted by atomic mass is 16.2. The lowest BCUT2D eigenvalue weighted by atomic mass is 9.95. The highest BCUT2D eigenvalue weighted by Gasteiger charge is 2.26. The Bertz CT molecular complexity index is 528. The zero-order valence-corrected chi connectivity index (χ0v) is 12.8. The molecule has 1 aromatic carbocycles. The molecule has 114 valence electrons. The van der Waals surface area contributed by atoms with Crippen LogP contribution in [-0.2, 0) is 22.6 Å². The van der Waals surface area contributed by atoms with E-state index in [4.69, 9.17) is 0 Å². The number of hydrogen-bond donors (Lipinski definition) is 3. The van der Waals surface area contributed by atoms with Crippen molar-refractivity contribution in [1.29, 1.82) is 0 Å². The fourth-order valence-electron chi connectivity index (χ4n) is 2.43. The molecule has 1 aliphatic heterocycles. The van der Waals surface area contributed by atoms with Crippen LogP contribution in [0.2, 0.25) is 0 Å². The Balaban J connectivity index is 1.91. The third-order valence-electron chi connectivity index (χ3n) is 3.58. The summed E-state index contributed by atoms with van der Waals surface area (Å²) >= 11 is 0. The average Bonchev–Trinajstić information content (AvgIpc) is 2.45. The van der Waals surface area contributed by atoms with E-state index in [1.807, 2.05) is 32.0 Å². The van der Waals surface area contributed by atoms with Crippen LogP contribution >= 0.6 is 0 Å². The van der Waals surface area contributed by atoms with Gasteiger partial charge in [-0.05, 0) is 38.3 Å².